The Morgan fingerprint density at radius 3 is 2.52 bits per heavy atom. The lowest BCUT2D eigenvalue weighted by molar-refractivity contribution is -0.149. The van der Waals surface area contributed by atoms with Gasteiger partial charge in [-0.25, -0.2) is 0 Å². The maximum Gasteiger partial charge on any atom is 0.246 e. The summed E-state index contributed by atoms with van der Waals surface area (Å²) in [6, 6.07) is 6.89. The van der Waals surface area contributed by atoms with Gasteiger partial charge < -0.3 is 9.47 Å². The summed E-state index contributed by atoms with van der Waals surface area (Å²) in [7, 11) is 1.60. The van der Waals surface area contributed by atoms with Gasteiger partial charge in [-0.15, -0.1) is 0 Å². The van der Waals surface area contributed by atoms with E-state index in [0.717, 1.165) is 5.75 Å². The number of rotatable bonds is 6. The molecule has 0 aromatic heterocycles. The summed E-state index contributed by atoms with van der Waals surface area (Å²) >= 11 is 0. The Morgan fingerprint density at radius 1 is 1.24 bits per heavy atom. The molecule has 1 aromatic rings. The fourth-order valence-corrected chi connectivity index (χ4v) is 2.18. The Kier molecular flexibility index (Phi) is 5.16. The zero-order valence-corrected chi connectivity index (χ0v) is 12.3. The van der Waals surface area contributed by atoms with Gasteiger partial charge >= 0.3 is 0 Å². The van der Waals surface area contributed by atoms with Crippen molar-refractivity contribution in [2.45, 2.75) is 19.4 Å². The number of piperazine rings is 1. The van der Waals surface area contributed by atoms with Crippen LogP contribution in [0.5, 0.6) is 11.5 Å². The second-order valence-corrected chi connectivity index (χ2v) is 4.75. The predicted octanol–water partition coefficient (Wildman–Crippen LogP) is 0.811. The molecule has 6 heteroatoms. The lowest BCUT2D eigenvalue weighted by Gasteiger charge is -2.30. The van der Waals surface area contributed by atoms with E-state index in [0.29, 0.717) is 12.2 Å². The minimum atomic E-state index is -0.274. The molecule has 0 spiro atoms. The van der Waals surface area contributed by atoms with Gasteiger partial charge in [0.2, 0.25) is 11.8 Å². The predicted molar refractivity (Wildman–Crippen MR) is 77.3 cm³/mol. The number of hydrogen-bond acceptors (Lipinski definition) is 5. The number of ether oxygens (including phenoxy) is 2. The van der Waals surface area contributed by atoms with Crippen molar-refractivity contribution in [3.05, 3.63) is 24.3 Å². The molecule has 1 heterocycles. The molecular weight excluding hydrogens is 272 g/mol. The largest absolute Gasteiger partial charge is 0.497 e. The first-order valence-electron chi connectivity index (χ1n) is 7.00. The van der Waals surface area contributed by atoms with Crippen LogP contribution >= 0.6 is 0 Å². The van der Waals surface area contributed by atoms with Gasteiger partial charge in [-0.3, -0.25) is 19.8 Å². The molecule has 0 radical (unpaired) electrons. The SMILES string of the molecule is CCC1NCC(=O)N(CCOc2ccc(OC)cc2)C1=O. The summed E-state index contributed by atoms with van der Waals surface area (Å²) in [4.78, 5) is 25.1. The van der Waals surface area contributed by atoms with E-state index in [1.807, 2.05) is 6.92 Å². The Morgan fingerprint density at radius 2 is 1.90 bits per heavy atom. The van der Waals surface area contributed by atoms with Crippen molar-refractivity contribution < 1.29 is 19.1 Å². The van der Waals surface area contributed by atoms with Gasteiger partial charge in [0.15, 0.2) is 0 Å². The summed E-state index contributed by atoms with van der Waals surface area (Å²) in [5.41, 5.74) is 0. The first-order chi connectivity index (χ1) is 10.2. The van der Waals surface area contributed by atoms with Gasteiger partial charge in [-0.1, -0.05) is 6.92 Å². The number of nitrogens with zero attached hydrogens (tertiary/aromatic N) is 1. The van der Waals surface area contributed by atoms with E-state index in [1.165, 1.54) is 4.90 Å². The summed E-state index contributed by atoms with van der Waals surface area (Å²) in [5.74, 6) is 1.05. The van der Waals surface area contributed by atoms with Crippen LogP contribution in [0.25, 0.3) is 0 Å². The topological polar surface area (TPSA) is 67.9 Å². The molecule has 1 aliphatic heterocycles. The Labute approximate surface area is 124 Å². The molecule has 0 saturated carbocycles. The van der Waals surface area contributed by atoms with Crippen molar-refractivity contribution in [1.29, 1.82) is 0 Å². The molecule has 1 aliphatic rings. The molecule has 1 fully saturated rings. The molecular formula is C15H20N2O4. The minimum Gasteiger partial charge on any atom is -0.497 e. The number of methoxy groups -OCH3 is 1. The van der Waals surface area contributed by atoms with Crippen LogP contribution in [-0.2, 0) is 9.59 Å². The maximum atomic E-state index is 12.1. The van der Waals surface area contributed by atoms with Crippen molar-refractivity contribution in [2.75, 3.05) is 26.8 Å². The number of imide groups is 1. The molecule has 21 heavy (non-hydrogen) atoms. The minimum absolute atomic E-state index is 0.174. The standard InChI is InChI=1S/C15H20N2O4/c1-3-13-15(19)17(14(18)10-16-13)8-9-21-12-6-4-11(20-2)5-7-12/h4-7,13,16H,3,8-10H2,1-2H3. The average molecular weight is 292 g/mol. The summed E-state index contributed by atoms with van der Waals surface area (Å²) in [6.45, 7) is 2.66. The molecule has 0 aliphatic carbocycles. The van der Waals surface area contributed by atoms with Crippen LogP contribution in [-0.4, -0.2) is 49.6 Å². The number of carbonyl (C=O) groups excluding carboxylic acids is 2. The van der Waals surface area contributed by atoms with Crippen molar-refractivity contribution in [1.82, 2.24) is 10.2 Å². The molecule has 1 N–H and O–H groups in total. The van der Waals surface area contributed by atoms with Gasteiger partial charge in [0.1, 0.15) is 18.1 Å². The monoisotopic (exact) mass is 292 g/mol. The van der Waals surface area contributed by atoms with E-state index in [2.05, 4.69) is 5.32 Å². The fourth-order valence-electron chi connectivity index (χ4n) is 2.18. The van der Waals surface area contributed by atoms with Gasteiger partial charge in [0.05, 0.1) is 26.2 Å². The maximum absolute atomic E-state index is 12.1. The highest BCUT2D eigenvalue weighted by atomic mass is 16.5. The molecule has 1 saturated heterocycles. The van der Waals surface area contributed by atoms with E-state index in [1.54, 1.807) is 31.4 Å². The van der Waals surface area contributed by atoms with Crippen LogP contribution in [0.3, 0.4) is 0 Å². The number of benzene rings is 1. The van der Waals surface area contributed by atoms with E-state index in [4.69, 9.17) is 9.47 Å². The first kappa shape index (κ1) is 15.3. The van der Waals surface area contributed by atoms with E-state index in [9.17, 15) is 9.59 Å². The van der Waals surface area contributed by atoms with Gasteiger partial charge in [0.25, 0.3) is 0 Å². The Balaban J connectivity index is 1.86. The van der Waals surface area contributed by atoms with Gasteiger partial charge in [-0.2, -0.15) is 0 Å². The van der Waals surface area contributed by atoms with Crippen LogP contribution in [0.2, 0.25) is 0 Å². The summed E-state index contributed by atoms with van der Waals surface area (Å²) < 4.78 is 10.6. The fraction of sp³-hybridized carbons (Fsp3) is 0.467. The van der Waals surface area contributed by atoms with Crippen molar-refractivity contribution in [2.24, 2.45) is 0 Å². The van der Waals surface area contributed by atoms with Gasteiger partial charge in [0, 0.05) is 0 Å². The number of carbonyl (C=O) groups is 2. The molecule has 6 nitrogen and oxygen atoms in total. The normalized spacial score (nSPS) is 18.8. The first-order valence-corrected chi connectivity index (χ1v) is 7.00. The third-order valence-electron chi connectivity index (χ3n) is 3.42. The second kappa shape index (κ2) is 7.08. The molecule has 1 aromatic carbocycles. The molecule has 1 atom stereocenters. The third kappa shape index (κ3) is 3.72. The summed E-state index contributed by atoms with van der Waals surface area (Å²) in [5, 5.41) is 2.92. The highest BCUT2D eigenvalue weighted by Gasteiger charge is 2.32. The van der Waals surface area contributed by atoms with Gasteiger partial charge in [-0.05, 0) is 30.7 Å². The van der Waals surface area contributed by atoms with E-state index in [-0.39, 0.29) is 37.6 Å². The van der Waals surface area contributed by atoms with Crippen molar-refractivity contribution in [3.8, 4) is 11.5 Å². The van der Waals surface area contributed by atoms with Crippen LogP contribution in [0.15, 0.2) is 24.3 Å². The van der Waals surface area contributed by atoms with Crippen LogP contribution in [0, 0.1) is 0 Å². The number of hydrogen-bond donors (Lipinski definition) is 1. The van der Waals surface area contributed by atoms with Crippen LogP contribution < -0.4 is 14.8 Å². The van der Waals surface area contributed by atoms with E-state index < -0.39 is 0 Å². The average Bonchev–Trinajstić information content (AvgIpc) is 2.51. The van der Waals surface area contributed by atoms with E-state index >= 15 is 0 Å². The summed E-state index contributed by atoms with van der Waals surface area (Å²) in [6.07, 6.45) is 0.669. The highest BCUT2D eigenvalue weighted by Crippen LogP contribution is 2.17. The van der Waals surface area contributed by atoms with Crippen molar-refractivity contribution >= 4 is 11.8 Å². The molecule has 2 amide bonds. The van der Waals surface area contributed by atoms with Crippen LogP contribution in [0.1, 0.15) is 13.3 Å². The third-order valence-corrected chi connectivity index (χ3v) is 3.42. The van der Waals surface area contributed by atoms with Crippen LogP contribution in [0.4, 0.5) is 0 Å². The molecule has 114 valence electrons. The number of amides is 2. The zero-order valence-electron chi connectivity index (χ0n) is 12.3. The molecule has 0 bridgehead atoms. The van der Waals surface area contributed by atoms with Crippen molar-refractivity contribution in [3.63, 3.8) is 0 Å². The smallest absolute Gasteiger partial charge is 0.246 e. The number of nitrogens with one attached hydrogen (secondary N) is 1. The zero-order chi connectivity index (χ0) is 15.2. The quantitative estimate of drug-likeness (QED) is 0.786. The molecule has 2 rings (SSSR count). The lowest BCUT2D eigenvalue weighted by atomic mass is 10.1. The Hall–Kier alpha value is -2.08. The molecule has 1 unspecified atom stereocenters. The Bertz CT molecular complexity index is 501. The lowest BCUT2D eigenvalue weighted by Crippen LogP contribution is -2.58. The second-order valence-electron chi connectivity index (χ2n) is 4.75. The highest BCUT2D eigenvalue weighted by molar-refractivity contribution is 6.01.